The number of hydrogen-bond acceptors (Lipinski definition) is 13. The van der Waals surface area contributed by atoms with Crippen molar-refractivity contribution in [2.24, 2.45) is 0 Å². The minimum atomic E-state index is -0.368. The fourth-order valence-corrected chi connectivity index (χ4v) is 5.63. The van der Waals surface area contributed by atoms with Gasteiger partial charge in [-0.05, 0) is 47.7 Å². The molecule has 230 valence electrons. The van der Waals surface area contributed by atoms with Crippen LogP contribution in [0.15, 0.2) is 53.4 Å². The van der Waals surface area contributed by atoms with Crippen molar-refractivity contribution in [1.82, 2.24) is 19.9 Å². The van der Waals surface area contributed by atoms with E-state index in [4.69, 9.17) is 28.7 Å². The number of hydrogen-bond donors (Lipinski definition) is 0. The number of thioether (sulfide) groups is 1. The van der Waals surface area contributed by atoms with Gasteiger partial charge in [0.15, 0.2) is 11.5 Å². The normalized spacial score (nSPS) is 18.2. The van der Waals surface area contributed by atoms with E-state index in [-0.39, 0.29) is 30.3 Å². The minimum Gasteiger partial charge on any atom is -0.493 e. The third kappa shape index (κ3) is 7.04. The number of amides is 2. The molecule has 2 aromatic carbocycles. The van der Waals surface area contributed by atoms with E-state index in [0.29, 0.717) is 92.2 Å². The van der Waals surface area contributed by atoms with Gasteiger partial charge in [0, 0.05) is 26.2 Å². The van der Waals surface area contributed by atoms with Gasteiger partial charge in [0.2, 0.25) is 11.9 Å². The van der Waals surface area contributed by atoms with Crippen molar-refractivity contribution >= 4 is 40.9 Å². The molecule has 0 N–H and O–H groups in total. The molecule has 1 aromatic heterocycles. The predicted octanol–water partition coefficient (Wildman–Crippen LogP) is 3.46. The number of imide groups is 1. The van der Waals surface area contributed by atoms with E-state index in [0.717, 1.165) is 11.8 Å². The van der Waals surface area contributed by atoms with Gasteiger partial charge in [-0.1, -0.05) is 24.3 Å². The number of methoxy groups -OCH3 is 1. The average molecular weight is 621 g/mol. The molecular weight excluding hydrogens is 588 g/mol. The fourth-order valence-electron chi connectivity index (χ4n) is 4.76. The summed E-state index contributed by atoms with van der Waals surface area (Å²) in [5, 5.41) is -0.341. The number of rotatable bonds is 10. The van der Waals surface area contributed by atoms with E-state index in [2.05, 4.69) is 9.97 Å². The monoisotopic (exact) mass is 620 g/mol. The van der Waals surface area contributed by atoms with E-state index in [1.165, 1.54) is 12.0 Å². The second kappa shape index (κ2) is 13.9. The van der Waals surface area contributed by atoms with Crippen molar-refractivity contribution in [2.45, 2.75) is 0 Å². The molecule has 0 saturated carbocycles. The van der Waals surface area contributed by atoms with Crippen LogP contribution >= 0.6 is 11.8 Å². The first-order valence-electron chi connectivity index (χ1n) is 14.3. The zero-order valence-corrected chi connectivity index (χ0v) is 25.0. The standard InChI is InChI=1S/C30H32N6O7S/c1-39-24-19-21(20-25-26(37)36(30(38)44-25)13-18-42-22-5-3-2-4-6-22)7-8-23(24)43-29-32-27(34-9-14-40-15-10-34)31-28(33-29)35-11-16-41-17-12-35/h2-8,19-20H,9-18H2,1H3/b25-20-. The minimum absolute atomic E-state index is 0.132. The van der Waals surface area contributed by atoms with Crippen molar-refractivity contribution < 1.29 is 33.3 Å². The Balaban J connectivity index is 1.18. The summed E-state index contributed by atoms with van der Waals surface area (Å²) in [5.74, 6) is 2.14. The summed E-state index contributed by atoms with van der Waals surface area (Å²) in [5.41, 5.74) is 0.666. The molecule has 0 bridgehead atoms. The van der Waals surface area contributed by atoms with Gasteiger partial charge in [0.25, 0.3) is 11.1 Å². The first kappa shape index (κ1) is 29.7. The lowest BCUT2D eigenvalue weighted by Crippen LogP contribution is -2.40. The molecule has 3 aliphatic rings. The third-order valence-corrected chi connectivity index (χ3v) is 7.97. The molecule has 0 aliphatic carbocycles. The van der Waals surface area contributed by atoms with E-state index in [1.807, 2.05) is 40.1 Å². The van der Waals surface area contributed by atoms with Gasteiger partial charge in [-0.25, -0.2) is 0 Å². The van der Waals surface area contributed by atoms with Crippen LogP contribution in [0.1, 0.15) is 5.56 Å². The van der Waals surface area contributed by atoms with Crippen LogP contribution in [-0.2, 0) is 14.3 Å². The van der Waals surface area contributed by atoms with Crippen LogP contribution in [0.2, 0.25) is 0 Å². The van der Waals surface area contributed by atoms with E-state index < -0.39 is 0 Å². The van der Waals surface area contributed by atoms with Gasteiger partial charge in [-0.15, -0.1) is 0 Å². The molecule has 13 nitrogen and oxygen atoms in total. The first-order valence-corrected chi connectivity index (χ1v) is 15.1. The number of carbonyl (C=O) groups is 2. The summed E-state index contributed by atoms with van der Waals surface area (Å²) >= 11 is 0.890. The van der Waals surface area contributed by atoms with Crippen LogP contribution in [0.25, 0.3) is 6.08 Å². The number of morpholine rings is 2. The number of para-hydroxylation sites is 1. The predicted molar refractivity (Wildman–Crippen MR) is 164 cm³/mol. The molecule has 0 radical (unpaired) electrons. The second-order valence-electron chi connectivity index (χ2n) is 9.92. The molecule has 2 amide bonds. The fraction of sp³-hybridized carbons (Fsp3) is 0.367. The van der Waals surface area contributed by atoms with Crippen molar-refractivity contribution in [2.75, 3.05) is 82.7 Å². The number of anilines is 2. The van der Waals surface area contributed by atoms with Crippen LogP contribution in [-0.4, -0.2) is 104 Å². The highest BCUT2D eigenvalue weighted by atomic mass is 32.2. The lowest BCUT2D eigenvalue weighted by Gasteiger charge is -2.30. The van der Waals surface area contributed by atoms with Gasteiger partial charge in [-0.2, -0.15) is 15.0 Å². The lowest BCUT2D eigenvalue weighted by atomic mass is 10.2. The molecular formula is C30H32N6O7S. The Labute approximate surface area is 258 Å². The highest BCUT2D eigenvalue weighted by molar-refractivity contribution is 8.18. The molecule has 3 aromatic rings. The summed E-state index contributed by atoms with van der Waals surface area (Å²) in [6, 6.07) is 14.6. The molecule has 0 atom stereocenters. The van der Waals surface area contributed by atoms with Crippen LogP contribution in [0, 0.1) is 0 Å². The number of benzene rings is 2. The smallest absolute Gasteiger partial charge is 0.328 e. The Morgan fingerprint density at radius 2 is 1.52 bits per heavy atom. The molecule has 0 unspecified atom stereocenters. The average Bonchev–Trinajstić information content (AvgIpc) is 3.33. The number of carbonyl (C=O) groups excluding carboxylic acids is 2. The molecule has 3 saturated heterocycles. The molecule has 0 spiro atoms. The molecule has 6 rings (SSSR count). The van der Waals surface area contributed by atoms with Crippen molar-refractivity contribution in [1.29, 1.82) is 0 Å². The Kier molecular flexibility index (Phi) is 9.39. The maximum Gasteiger partial charge on any atom is 0.328 e. The largest absolute Gasteiger partial charge is 0.493 e. The SMILES string of the molecule is COc1cc(/C=C2\SC(=O)N(CCOc3ccccc3)C2=O)ccc1Oc1nc(N2CCOCC2)nc(N2CCOCC2)n1. The van der Waals surface area contributed by atoms with E-state index in [1.54, 1.807) is 24.3 Å². The summed E-state index contributed by atoms with van der Waals surface area (Å²) in [6.07, 6.45) is 1.66. The second-order valence-corrected chi connectivity index (χ2v) is 10.9. The van der Waals surface area contributed by atoms with Crippen molar-refractivity contribution in [3.63, 3.8) is 0 Å². The number of ether oxygens (including phenoxy) is 5. The first-order chi connectivity index (χ1) is 21.6. The Morgan fingerprint density at radius 1 is 0.864 bits per heavy atom. The topological polar surface area (TPSA) is 129 Å². The zero-order chi connectivity index (χ0) is 30.3. The maximum absolute atomic E-state index is 13.0. The molecule has 14 heteroatoms. The summed E-state index contributed by atoms with van der Waals surface area (Å²) < 4.78 is 28.4. The molecule has 3 aliphatic heterocycles. The third-order valence-electron chi connectivity index (χ3n) is 7.07. The Bertz CT molecular complexity index is 1480. The van der Waals surface area contributed by atoms with Gasteiger partial charge in [0.1, 0.15) is 12.4 Å². The summed E-state index contributed by atoms with van der Waals surface area (Å²) in [7, 11) is 1.53. The highest BCUT2D eigenvalue weighted by Crippen LogP contribution is 2.36. The Hall–Kier alpha value is -4.40. The summed E-state index contributed by atoms with van der Waals surface area (Å²) in [6.45, 7) is 5.35. The van der Waals surface area contributed by atoms with Crippen LogP contribution in [0.5, 0.6) is 23.3 Å². The van der Waals surface area contributed by atoms with E-state index >= 15 is 0 Å². The zero-order valence-electron chi connectivity index (χ0n) is 24.2. The highest BCUT2D eigenvalue weighted by Gasteiger charge is 2.35. The quantitative estimate of drug-likeness (QED) is 0.307. The van der Waals surface area contributed by atoms with Crippen molar-refractivity contribution in [3.8, 4) is 23.3 Å². The van der Waals surface area contributed by atoms with Gasteiger partial charge in [-0.3, -0.25) is 14.5 Å². The van der Waals surface area contributed by atoms with Crippen LogP contribution in [0.3, 0.4) is 0 Å². The molecule has 44 heavy (non-hydrogen) atoms. The molecule has 3 fully saturated rings. The van der Waals surface area contributed by atoms with Crippen molar-refractivity contribution in [3.05, 3.63) is 59.0 Å². The number of nitrogens with zero attached hydrogens (tertiary/aromatic N) is 6. The van der Waals surface area contributed by atoms with Crippen LogP contribution in [0.4, 0.5) is 16.7 Å². The van der Waals surface area contributed by atoms with Gasteiger partial charge >= 0.3 is 6.01 Å². The van der Waals surface area contributed by atoms with Gasteiger partial charge < -0.3 is 33.5 Å². The molecule has 4 heterocycles. The maximum atomic E-state index is 13.0. The summed E-state index contributed by atoms with van der Waals surface area (Å²) in [4.78, 5) is 45.1. The number of aromatic nitrogens is 3. The Morgan fingerprint density at radius 3 is 2.16 bits per heavy atom. The lowest BCUT2D eigenvalue weighted by molar-refractivity contribution is -0.123. The van der Waals surface area contributed by atoms with Crippen LogP contribution < -0.4 is 24.0 Å². The van der Waals surface area contributed by atoms with E-state index in [9.17, 15) is 9.59 Å². The van der Waals surface area contributed by atoms with Gasteiger partial charge in [0.05, 0.1) is 45.0 Å².